The Hall–Kier alpha value is -4.59. The molecule has 0 atom stereocenters. The van der Waals surface area contributed by atoms with E-state index in [4.69, 9.17) is 9.57 Å². The van der Waals surface area contributed by atoms with Crippen molar-refractivity contribution in [3.05, 3.63) is 83.9 Å². The molecule has 0 saturated carbocycles. The average molecular weight is 440 g/mol. The summed E-state index contributed by atoms with van der Waals surface area (Å²) in [7, 11) is 0. The van der Waals surface area contributed by atoms with Crippen molar-refractivity contribution in [2.75, 3.05) is 0 Å². The zero-order valence-electron chi connectivity index (χ0n) is 17.2. The number of hydrogen-bond acceptors (Lipinski definition) is 7. The topological polar surface area (TPSA) is 103 Å². The van der Waals surface area contributed by atoms with E-state index in [1.165, 1.54) is 12.1 Å². The van der Waals surface area contributed by atoms with E-state index >= 15 is 0 Å². The van der Waals surface area contributed by atoms with E-state index in [2.05, 4.69) is 4.98 Å². The number of benzene rings is 3. The maximum atomic E-state index is 13.3. The number of fused-ring (bicyclic) bond motifs is 2. The smallest absolute Gasteiger partial charge is 0.367 e. The van der Waals surface area contributed by atoms with E-state index in [1.807, 2.05) is 12.1 Å². The van der Waals surface area contributed by atoms with Gasteiger partial charge in [0, 0.05) is 23.6 Å². The lowest BCUT2D eigenvalue weighted by molar-refractivity contribution is -0.172. The van der Waals surface area contributed by atoms with Crippen LogP contribution in [0.2, 0.25) is 0 Å². The molecule has 8 nitrogen and oxygen atoms in total. The highest BCUT2D eigenvalue weighted by Crippen LogP contribution is 2.29. The van der Waals surface area contributed by atoms with Crippen LogP contribution in [0.4, 0.5) is 0 Å². The number of hydroxylamine groups is 2. The standard InChI is InChI=1S/C25H16N2O6/c28-21-13-14-22(29)27(21)33-24(30)17-9-3-6-12-20(17)32-25(31)23-15-7-1-4-10-18(15)26-19-11-5-2-8-16(19)23/h1-12H,13-14H2. The molecule has 5 rings (SSSR count). The maximum absolute atomic E-state index is 13.3. The van der Waals surface area contributed by atoms with Gasteiger partial charge in [0.15, 0.2) is 0 Å². The van der Waals surface area contributed by atoms with Gasteiger partial charge in [-0.15, -0.1) is 5.06 Å². The Morgan fingerprint density at radius 3 is 1.91 bits per heavy atom. The molecule has 0 spiro atoms. The second kappa shape index (κ2) is 8.16. The molecule has 8 heteroatoms. The predicted molar refractivity (Wildman–Crippen MR) is 117 cm³/mol. The van der Waals surface area contributed by atoms with E-state index in [0.717, 1.165) is 0 Å². The highest BCUT2D eigenvalue weighted by Gasteiger charge is 2.34. The number of rotatable bonds is 4. The van der Waals surface area contributed by atoms with Gasteiger partial charge < -0.3 is 9.57 Å². The summed E-state index contributed by atoms with van der Waals surface area (Å²) >= 11 is 0. The first-order valence-corrected chi connectivity index (χ1v) is 10.2. The Bertz CT molecular complexity index is 1390. The third-order valence-electron chi connectivity index (χ3n) is 5.28. The number of pyridine rings is 1. The molecule has 2 amide bonds. The molecule has 162 valence electrons. The number of amides is 2. The number of hydrogen-bond donors (Lipinski definition) is 0. The van der Waals surface area contributed by atoms with Crippen LogP contribution in [0.15, 0.2) is 72.8 Å². The van der Waals surface area contributed by atoms with Gasteiger partial charge in [-0.25, -0.2) is 14.6 Å². The number of nitrogens with zero attached hydrogens (tertiary/aromatic N) is 2. The Kier molecular flexibility index (Phi) is 5.02. The van der Waals surface area contributed by atoms with Crippen LogP contribution in [0.5, 0.6) is 5.75 Å². The molecule has 1 aromatic heterocycles. The molecule has 0 radical (unpaired) electrons. The van der Waals surface area contributed by atoms with Crippen molar-refractivity contribution >= 4 is 45.6 Å². The molecule has 4 aromatic rings. The minimum absolute atomic E-state index is 0.0229. The zero-order chi connectivity index (χ0) is 22.9. The van der Waals surface area contributed by atoms with E-state index in [-0.39, 0.29) is 24.2 Å². The van der Waals surface area contributed by atoms with Gasteiger partial charge in [-0.1, -0.05) is 48.5 Å². The van der Waals surface area contributed by atoms with Crippen molar-refractivity contribution in [1.29, 1.82) is 0 Å². The van der Waals surface area contributed by atoms with E-state index in [9.17, 15) is 19.2 Å². The summed E-state index contributed by atoms with van der Waals surface area (Å²) in [5, 5.41) is 1.66. The minimum atomic E-state index is -0.980. The van der Waals surface area contributed by atoms with E-state index in [0.29, 0.717) is 32.4 Å². The van der Waals surface area contributed by atoms with Crippen LogP contribution < -0.4 is 4.74 Å². The van der Waals surface area contributed by atoms with Gasteiger partial charge in [0.25, 0.3) is 11.8 Å². The molecule has 1 aliphatic heterocycles. The van der Waals surface area contributed by atoms with Gasteiger partial charge in [-0.05, 0) is 24.3 Å². The van der Waals surface area contributed by atoms with Crippen molar-refractivity contribution in [3.63, 3.8) is 0 Å². The molecule has 0 bridgehead atoms. The molecule has 3 aromatic carbocycles. The molecule has 0 N–H and O–H groups in total. The van der Waals surface area contributed by atoms with Gasteiger partial charge in [0.2, 0.25) is 0 Å². The summed E-state index contributed by atoms with van der Waals surface area (Å²) in [6, 6.07) is 20.4. The van der Waals surface area contributed by atoms with E-state index < -0.39 is 23.8 Å². The summed E-state index contributed by atoms with van der Waals surface area (Å²) in [4.78, 5) is 59.2. The van der Waals surface area contributed by atoms with Gasteiger partial charge >= 0.3 is 11.9 Å². The van der Waals surface area contributed by atoms with Crippen LogP contribution >= 0.6 is 0 Å². The van der Waals surface area contributed by atoms with Crippen LogP contribution in [-0.2, 0) is 14.4 Å². The molecule has 2 heterocycles. The summed E-state index contributed by atoms with van der Waals surface area (Å²) in [6.45, 7) is 0. The molecule has 1 fully saturated rings. The fourth-order valence-electron chi connectivity index (χ4n) is 3.72. The van der Waals surface area contributed by atoms with Gasteiger partial charge in [-0.2, -0.15) is 0 Å². The number of esters is 1. The molecule has 33 heavy (non-hydrogen) atoms. The third kappa shape index (κ3) is 3.67. The Morgan fingerprint density at radius 2 is 1.27 bits per heavy atom. The van der Waals surface area contributed by atoms with Gasteiger partial charge in [0.05, 0.1) is 16.6 Å². The normalized spacial score (nSPS) is 13.5. The van der Waals surface area contributed by atoms with Crippen LogP contribution in [0.25, 0.3) is 21.8 Å². The van der Waals surface area contributed by atoms with Crippen molar-refractivity contribution in [2.24, 2.45) is 0 Å². The summed E-state index contributed by atoms with van der Waals surface area (Å²) < 4.78 is 5.63. The fourth-order valence-corrected chi connectivity index (χ4v) is 3.72. The Morgan fingerprint density at radius 1 is 0.727 bits per heavy atom. The first-order valence-electron chi connectivity index (χ1n) is 10.2. The van der Waals surface area contributed by atoms with Crippen LogP contribution in [0, 0.1) is 0 Å². The molecule has 0 unspecified atom stereocenters. The summed E-state index contributed by atoms with van der Waals surface area (Å²) in [5.74, 6) is -2.92. The number of aromatic nitrogens is 1. The Balaban J connectivity index is 1.52. The molecule has 1 saturated heterocycles. The van der Waals surface area contributed by atoms with Crippen molar-refractivity contribution < 1.29 is 28.8 Å². The number of imide groups is 1. The largest absolute Gasteiger partial charge is 0.422 e. The Labute approximate surface area is 187 Å². The lowest BCUT2D eigenvalue weighted by atomic mass is 10.0. The lowest BCUT2D eigenvalue weighted by Gasteiger charge is -2.15. The monoisotopic (exact) mass is 440 g/mol. The first-order chi connectivity index (χ1) is 16.0. The maximum Gasteiger partial charge on any atom is 0.367 e. The molecular weight excluding hydrogens is 424 g/mol. The molecular formula is C25H16N2O6. The second-order valence-electron chi connectivity index (χ2n) is 7.37. The number of carbonyl (C=O) groups is 4. The highest BCUT2D eigenvalue weighted by atomic mass is 16.7. The first kappa shape index (κ1) is 20.3. The van der Waals surface area contributed by atoms with Crippen LogP contribution in [-0.4, -0.2) is 33.8 Å². The average Bonchev–Trinajstić information content (AvgIpc) is 3.14. The highest BCUT2D eigenvalue weighted by molar-refractivity contribution is 6.15. The number of carbonyl (C=O) groups excluding carboxylic acids is 4. The molecule has 0 aliphatic carbocycles. The minimum Gasteiger partial charge on any atom is -0.422 e. The zero-order valence-corrected chi connectivity index (χ0v) is 17.2. The van der Waals surface area contributed by atoms with Crippen molar-refractivity contribution in [3.8, 4) is 5.75 Å². The summed E-state index contributed by atoms with van der Waals surface area (Å²) in [6.07, 6.45) is -0.0458. The third-order valence-corrected chi connectivity index (χ3v) is 5.28. The van der Waals surface area contributed by atoms with Crippen LogP contribution in [0.1, 0.15) is 33.6 Å². The van der Waals surface area contributed by atoms with Crippen molar-refractivity contribution in [1.82, 2.24) is 10.0 Å². The fraction of sp³-hybridized carbons (Fsp3) is 0.0800. The summed E-state index contributed by atoms with van der Waals surface area (Å²) in [5.41, 5.74) is 1.47. The van der Waals surface area contributed by atoms with Crippen LogP contribution in [0.3, 0.4) is 0 Å². The quantitative estimate of drug-likeness (QED) is 0.206. The SMILES string of the molecule is O=C(ON1C(=O)CCC1=O)c1ccccc1OC(=O)c1c2ccccc2nc2ccccc12. The van der Waals surface area contributed by atoms with Crippen molar-refractivity contribution in [2.45, 2.75) is 12.8 Å². The predicted octanol–water partition coefficient (Wildman–Crippen LogP) is 3.83. The second-order valence-corrected chi connectivity index (χ2v) is 7.37. The van der Waals surface area contributed by atoms with Gasteiger partial charge in [-0.3, -0.25) is 9.59 Å². The number of ether oxygens (including phenoxy) is 1. The van der Waals surface area contributed by atoms with Gasteiger partial charge in [0.1, 0.15) is 11.3 Å². The number of para-hydroxylation sites is 3. The molecule has 1 aliphatic rings. The van der Waals surface area contributed by atoms with E-state index in [1.54, 1.807) is 48.5 Å². The lowest BCUT2D eigenvalue weighted by Crippen LogP contribution is -2.32.